The van der Waals surface area contributed by atoms with Crippen molar-refractivity contribution in [3.05, 3.63) is 45.8 Å². The van der Waals surface area contributed by atoms with Crippen molar-refractivity contribution in [3.63, 3.8) is 0 Å². The monoisotopic (exact) mass is 298 g/mol. The molecule has 2 aromatic rings. The van der Waals surface area contributed by atoms with Crippen LogP contribution in [0, 0.1) is 6.92 Å². The van der Waals surface area contributed by atoms with E-state index < -0.39 is 0 Å². The lowest BCUT2D eigenvalue weighted by atomic mass is 10.2. The number of hydrogen-bond donors (Lipinski definition) is 0. The molecule has 0 spiro atoms. The molecule has 1 heterocycles. The molecule has 0 bridgehead atoms. The van der Waals surface area contributed by atoms with Crippen molar-refractivity contribution in [2.24, 2.45) is 0 Å². The molecule has 0 aliphatic rings. The van der Waals surface area contributed by atoms with E-state index in [1.165, 1.54) is 12.4 Å². The third-order valence-corrected chi connectivity index (χ3v) is 3.01. The van der Waals surface area contributed by atoms with Gasteiger partial charge in [0.1, 0.15) is 5.75 Å². The molecule has 0 amide bonds. The van der Waals surface area contributed by atoms with Crippen molar-refractivity contribution in [1.29, 1.82) is 0 Å². The van der Waals surface area contributed by atoms with Crippen molar-refractivity contribution in [2.45, 2.75) is 6.92 Å². The molecule has 0 saturated heterocycles. The maximum absolute atomic E-state index is 5.71. The largest absolute Gasteiger partial charge is 0.437 e. The summed E-state index contributed by atoms with van der Waals surface area (Å²) < 4.78 is 6.56. The van der Waals surface area contributed by atoms with Crippen LogP contribution < -0.4 is 4.74 Å². The van der Waals surface area contributed by atoms with E-state index in [1.807, 2.05) is 25.1 Å². The second-order valence-corrected chi connectivity index (χ2v) is 4.43. The maximum atomic E-state index is 5.71. The molecular formula is C11H8BrClN2O. The minimum absolute atomic E-state index is 0.311. The predicted octanol–water partition coefficient (Wildman–Crippen LogP) is 3.99. The summed E-state index contributed by atoms with van der Waals surface area (Å²) in [4.78, 5) is 7.88. The van der Waals surface area contributed by atoms with Crippen LogP contribution in [0.15, 0.2) is 35.1 Å². The minimum atomic E-state index is 0.311. The van der Waals surface area contributed by atoms with E-state index in [2.05, 4.69) is 25.9 Å². The highest BCUT2D eigenvalue weighted by molar-refractivity contribution is 9.10. The van der Waals surface area contributed by atoms with Crippen LogP contribution in [-0.2, 0) is 0 Å². The summed E-state index contributed by atoms with van der Waals surface area (Å²) in [6, 6.07) is 5.68. The molecule has 1 aromatic carbocycles. The number of nitrogens with zero attached hydrogens (tertiary/aromatic N) is 2. The van der Waals surface area contributed by atoms with Gasteiger partial charge in [0.2, 0.25) is 5.88 Å². The van der Waals surface area contributed by atoms with Crippen molar-refractivity contribution in [2.75, 3.05) is 0 Å². The van der Waals surface area contributed by atoms with Gasteiger partial charge in [-0.3, -0.25) is 4.98 Å². The molecule has 0 aliphatic heterocycles. The van der Waals surface area contributed by atoms with E-state index in [0.717, 1.165) is 10.0 Å². The van der Waals surface area contributed by atoms with Crippen LogP contribution in [0.1, 0.15) is 5.56 Å². The predicted molar refractivity (Wildman–Crippen MR) is 66.0 cm³/mol. The summed E-state index contributed by atoms with van der Waals surface area (Å²) in [6.07, 6.45) is 2.98. The standard InChI is InChI=1S/C11H8BrClN2O/c1-7-4-8(2-3-9(7)12)16-11-6-14-5-10(13)15-11/h2-6H,1H3. The fourth-order valence-electron chi connectivity index (χ4n) is 1.18. The summed E-state index contributed by atoms with van der Waals surface area (Å²) in [5.41, 5.74) is 1.09. The molecule has 5 heteroatoms. The normalized spacial score (nSPS) is 10.2. The Bertz CT molecular complexity index is 519. The molecule has 1 aromatic heterocycles. The Kier molecular flexibility index (Phi) is 3.41. The topological polar surface area (TPSA) is 35.0 Å². The highest BCUT2D eigenvalue weighted by Crippen LogP contribution is 2.25. The number of ether oxygens (including phenoxy) is 1. The molecule has 82 valence electrons. The second kappa shape index (κ2) is 4.80. The summed E-state index contributed by atoms with van der Waals surface area (Å²) in [7, 11) is 0. The maximum Gasteiger partial charge on any atom is 0.239 e. The van der Waals surface area contributed by atoms with Crippen molar-refractivity contribution in [3.8, 4) is 11.6 Å². The summed E-state index contributed by atoms with van der Waals surface area (Å²) in [5, 5.41) is 0.311. The van der Waals surface area contributed by atoms with Crippen LogP contribution in [0.3, 0.4) is 0 Å². The molecule has 0 N–H and O–H groups in total. The van der Waals surface area contributed by atoms with Gasteiger partial charge < -0.3 is 4.74 Å². The molecule has 0 radical (unpaired) electrons. The lowest BCUT2D eigenvalue weighted by Crippen LogP contribution is -1.90. The number of benzene rings is 1. The average molecular weight is 300 g/mol. The van der Waals surface area contributed by atoms with E-state index >= 15 is 0 Å². The van der Waals surface area contributed by atoms with Crippen LogP contribution in [0.4, 0.5) is 0 Å². The average Bonchev–Trinajstić information content (AvgIpc) is 2.24. The molecule has 0 fully saturated rings. The van der Waals surface area contributed by atoms with Crippen molar-refractivity contribution < 1.29 is 4.74 Å². The van der Waals surface area contributed by atoms with Crippen LogP contribution in [0.25, 0.3) is 0 Å². The molecular weight excluding hydrogens is 291 g/mol. The van der Waals surface area contributed by atoms with Crippen LogP contribution in [0.2, 0.25) is 5.15 Å². The van der Waals surface area contributed by atoms with Crippen LogP contribution in [-0.4, -0.2) is 9.97 Å². The Morgan fingerprint density at radius 1 is 1.31 bits per heavy atom. The first-order chi connectivity index (χ1) is 7.65. The van der Waals surface area contributed by atoms with E-state index in [9.17, 15) is 0 Å². The number of aryl methyl sites for hydroxylation is 1. The van der Waals surface area contributed by atoms with Gasteiger partial charge in [0, 0.05) is 4.47 Å². The van der Waals surface area contributed by atoms with Gasteiger partial charge in [0.15, 0.2) is 5.15 Å². The van der Waals surface area contributed by atoms with Crippen LogP contribution in [0.5, 0.6) is 11.6 Å². The number of halogens is 2. The van der Waals surface area contributed by atoms with Gasteiger partial charge in [0.05, 0.1) is 12.4 Å². The molecule has 0 unspecified atom stereocenters. The third-order valence-electron chi connectivity index (χ3n) is 1.93. The van der Waals surface area contributed by atoms with Gasteiger partial charge in [-0.2, -0.15) is 4.98 Å². The fraction of sp³-hybridized carbons (Fsp3) is 0.0909. The number of aromatic nitrogens is 2. The van der Waals surface area contributed by atoms with Gasteiger partial charge in [0.25, 0.3) is 0 Å². The zero-order chi connectivity index (χ0) is 11.5. The molecule has 16 heavy (non-hydrogen) atoms. The summed E-state index contributed by atoms with van der Waals surface area (Å²) >= 11 is 9.13. The Morgan fingerprint density at radius 2 is 2.12 bits per heavy atom. The molecule has 0 aliphatic carbocycles. The van der Waals surface area contributed by atoms with Gasteiger partial charge in [-0.1, -0.05) is 27.5 Å². The first-order valence-corrected chi connectivity index (χ1v) is 5.74. The van der Waals surface area contributed by atoms with E-state index in [0.29, 0.717) is 16.8 Å². The minimum Gasteiger partial charge on any atom is -0.437 e. The van der Waals surface area contributed by atoms with E-state index in [4.69, 9.17) is 16.3 Å². The zero-order valence-electron chi connectivity index (χ0n) is 8.45. The lowest BCUT2D eigenvalue weighted by Gasteiger charge is -2.05. The summed E-state index contributed by atoms with van der Waals surface area (Å²) in [6.45, 7) is 1.99. The number of rotatable bonds is 2. The Balaban J connectivity index is 2.24. The van der Waals surface area contributed by atoms with Gasteiger partial charge in [-0.05, 0) is 30.7 Å². The van der Waals surface area contributed by atoms with E-state index in [-0.39, 0.29) is 0 Å². The van der Waals surface area contributed by atoms with E-state index in [1.54, 1.807) is 0 Å². The summed E-state index contributed by atoms with van der Waals surface area (Å²) in [5.74, 6) is 1.09. The zero-order valence-corrected chi connectivity index (χ0v) is 10.8. The van der Waals surface area contributed by atoms with Gasteiger partial charge in [-0.15, -0.1) is 0 Å². The number of hydrogen-bond acceptors (Lipinski definition) is 3. The second-order valence-electron chi connectivity index (χ2n) is 3.19. The first-order valence-electron chi connectivity index (χ1n) is 4.57. The smallest absolute Gasteiger partial charge is 0.239 e. The quantitative estimate of drug-likeness (QED) is 0.841. The highest BCUT2D eigenvalue weighted by Gasteiger charge is 2.02. The van der Waals surface area contributed by atoms with Gasteiger partial charge in [-0.25, -0.2) is 0 Å². The Hall–Kier alpha value is -1.13. The molecule has 0 saturated carbocycles. The van der Waals surface area contributed by atoms with Crippen molar-refractivity contribution in [1.82, 2.24) is 9.97 Å². The van der Waals surface area contributed by atoms with Crippen LogP contribution >= 0.6 is 27.5 Å². The third kappa shape index (κ3) is 2.71. The molecule has 2 rings (SSSR count). The highest BCUT2D eigenvalue weighted by atomic mass is 79.9. The SMILES string of the molecule is Cc1cc(Oc2cncc(Cl)n2)ccc1Br. The van der Waals surface area contributed by atoms with Gasteiger partial charge >= 0.3 is 0 Å². The fourth-order valence-corrected chi connectivity index (χ4v) is 1.56. The molecule has 3 nitrogen and oxygen atoms in total. The lowest BCUT2D eigenvalue weighted by molar-refractivity contribution is 0.460. The molecule has 0 atom stereocenters. The van der Waals surface area contributed by atoms with Crippen molar-refractivity contribution >= 4 is 27.5 Å². The first kappa shape index (κ1) is 11.4. The Morgan fingerprint density at radius 3 is 2.81 bits per heavy atom. The Labute approximate surface area is 107 Å².